The van der Waals surface area contributed by atoms with Gasteiger partial charge in [-0.3, -0.25) is 4.79 Å². The first-order chi connectivity index (χ1) is 10.8. The maximum absolute atomic E-state index is 13.2. The summed E-state index contributed by atoms with van der Waals surface area (Å²) in [6, 6.07) is -0.746. The molecule has 1 aromatic rings. The molecule has 2 atom stereocenters. The Kier molecular flexibility index (Phi) is 4.93. The minimum atomic E-state index is -4.63. The van der Waals surface area contributed by atoms with Gasteiger partial charge >= 0.3 is 6.18 Å². The third-order valence-electron chi connectivity index (χ3n) is 3.38. The summed E-state index contributed by atoms with van der Waals surface area (Å²) in [5.41, 5.74) is 0. The fraction of sp³-hybridized carbons (Fsp3) is 0.615. The van der Waals surface area contributed by atoms with Crippen LogP contribution in [0.1, 0.15) is 17.5 Å². The smallest absolute Gasteiger partial charge is 0.411 e. The van der Waals surface area contributed by atoms with Gasteiger partial charge in [0.1, 0.15) is 0 Å². The van der Waals surface area contributed by atoms with Crippen molar-refractivity contribution in [3.63, 3.8) is 0 Å². The van der Waals surface area contributed by atoms with E-state index in [4.69, 9.17) is 14.2 Å². The van der Waals surface area contributed by atoms with Crippen molar-refractivity contribution in [3.05, 3.63) is 11.9 Å². The van der Waals surface area contributed by atoms with E-state index in [9.17, 15) is 18.0 Å². The molecule has 2 heterocycles. The Morgan fingerprint density at radius 3 is 2.35 bits per heavy atom. The lowest BCUT2D eigenvalue weighted by Crippen LogP contribution is -2.59. The number of hydrogen-bond donors (Lipinski definition) is 0. The Hall–Kier alpha value is -2.10. The molecule has 23 heavy (non-hydrogen) atoms. The Balaban J connectivity index is 2.37. The van der Waals surface area contributed by atoms with E-state index in [0.717, 1.165) is 0 Å². The van der Waals surface area contributed by atoms with Crippen LogP contribution in [0.15, 0.2) is 6.07 Å². The molecule has 7 nitrogen and oxygen atoms in total. The Labute approximate surface area is 130 Å². The normalized spacial score (nSPS) is 21.9. The zero-order valence-corrected chi connectivity index (χ0v) is 12.8. The predicted octanol–water partition coefficient (Wildman–Crippen LogP) is 1.29. The van der Waals surface area contributed by atoms with E-state index in [-0.39, 0.29) is 24.9 Å². The van der Waals surface area contributed by atoms with Crippen LogP contribution in [0.25, 0.3) is 0 Å². The zero-order chi connectivity index (χ0) is 17.2. The fourth-order valence-electron chi connectivity index (χ4n) is 2.33. The molecule has 0 aliphatic carbocycles. The van der Waals surface area contributed by atoms with Crippen LogP contribution in [-0.4, -0.2) is 66.5 Å². The molecule has 1 fully saturated rings. The summed E-state index contributed by atoms with van der Waals surface area (Å²) in [6.07, 6.45) is -5.81. The number of morpholine rings is 1. The van der Waals surface area contributed by atoms with E-state index < -0.39 is 30.1 Å². The second-order valence-electron chi connectivity index (χ2n) is 4.84. The standard InChI is InChI=1S/C13H16F3N3O4/c1-7-10(13(14,15)16)19(4-5-23-7)12(20)11-17-8(21-2)6-9(18-11)22-3/h6-7,10H,4-5H2,1-3H3/t7-,10-/m0/s1. The number of carbonyl (C=O) groups excluding carboxylic acids is 1. The van der Waals surface area contributed by atoms with Gasteiger partial charge in [-0.2, -0.15) is 23.1 Å². The first-order valence-electron chi connectivity index (χ1n) is 6.74. The largest absolute Gasteiger partial charge is 0.481 e. The second kappa shape index (κ2) is 6.57. The summed E-state index contributed by atoms with van der Waals surface area (Å²) in [5.74, 6) is -1.35. The average molecular weight is 335 g/mol. The van der Waals surface area contributed by atoms with Crippen molar-refractivity contribution in [2.45, 2.75) is 25.2 Å². The van der Waals surface area contributed by atoms with Crippen LogP contribution in [0.5, 0.6) is 11.8 Å². The van der Waals surface area contributed by atoms with Crippen LogP contribution in [0.4, 0.5) is 13.2 Å². The van der Waals surface area contributed by atoms with E-state index in [1.807, 2.05) is 0 Å². The molecule has 0 aromatic carbocycles. The van der Waals surface area contributed by atoms with Gasteiger partial charge in [0.05, 0.1) is 33.0 Å². The van der Waals surface area contributed by atoms with Gasteiger partial charge in [-0.25, -0.2) is 0 Å². The molecule has 1 aliphatic rings. The van der Waals surface area contributed by atoms with E-state index >= 15 is 0 Å². The van der Waals surface area contributed by atoms with Crippen LogP contribution in [-0.2, 0) is 4.74 Å². The minimum absolute atomic E-state index is 0.000585. The number of hydrogen-bond acceptors (Lipinski definition) is 6. The highest BCUT2D eigenvalue weighted by Gasteiger charge is 2.51. The molecule has 1 aliphatic heterocycles. The van der Waals surface area contributed by atoms with Gasteiger partial charge in [0.15, 0.2) is 6.04 Å². The van der Waals surface area contributed by atoms with Gasteiger partial charge in [-0.15, -0.1) is 0 Å². The monoisotopic (exact) mass is 335 g/mol. The summed E-state index contributed by atoms with van der Waals surface area (Å²) < 4.78 is 54.6. The van der Waals surface area contributed by atoms with Crippen LogP contribution < -0.4 is 9.47 Å². The first kappa shape index (κ1) is 17.3. The van der Waals surface area contributed by atoms with Crippen molar-refractivity contribution in [2.75, 3.05) is 27.4 Å². The van der Waals surface area contributed by atoms with Crippen LogP contribution in [0, 0.1) is 0 Å². The third kappa shape index (κ3) is 3.63. The quantitative estimate of drug-likeness (QED) is 0.829. The average Bonchev–Trinajstić information content (AvgIpc) is 2.52. The lowest BCUT2D eigenvalue weighted by molar-refractivity contribution is -0.221. The summed E-state index contributed by atoms with van der Waals surface area (Å²) in [7, 11) is 2.62. The van der Waals surface area contributed by atoms with Gasteiger partial charge in [0, 0.05) is 6.54 Å². The topological polar surface area (TPSA) is 73.8 Å². The summed E-state index contributed by atoms with van der Waals surface area (Å²) in [4.78, 5) is 20.7. The molecule has 0 N–H and O–H groups in total. The van der Waals surface area contributed by atoms with E-state index in [2.05, 4.69) is 9.97 Å². The highest BCUT2D eigenvalue weighted by atomic mass is 19.4. The third-order valence-corrected chi connectivity index (χ3v) is 3.38. The van der Waals surface area contributed by atoms with Crippen molar-refractivity contribution in [1.82, 2.24) is 14.9 Å². The fourth-order valence-corrected chi connectivity index (χ4v) is 2.33. The van der Waals surface area contributed by atoms with Crippen molar-refractivity contribution in [3.8, 4) is 11.8 Å². The maximum atomic E-state index is 13.2. The second-order valence-corrected chi connectivity index (χ2v) is 4.84. The molecular formula is C13H16F3N3O4. The number of amides is 1. The number of methoxy groups -OCH3 is 2. The van der Waals surface area contributed by atoms with Crippen molar-refractivity contribution in [1.29, 1.82) is 0 Å². The summed E-state index contributed by atoms with van der Waals surface area (Å²) >= 11 is 0. The van der Waals surface area contributed by atoms with E-state index in [1.54, 1.807) is 0 Å². The number of alkyl halides is 3. The molecular weight excluding hydrogens is 319 g/mol. The molecule has 128 valence electrons. The zero-order valence-electron chi connectivity index (χ0n) is 12.8. The van der Waals surface area contributed by atoms with Crippen molar-refractivity contribution in [2.24, 2.45) is 0 Å². The Morgan fingerprint density at radius 1 is 1.30 bits per heavy atom. The number of nitrogens with zero attached hydrogens (tertiary/aromatic N) is 3. The number of rotatable bonds is 3. The van der Waals surface area contributed by atoms with Gasteiger partial charge in [-0.1, -0.05) is 0 Å². The number of carbonyl (C=O) groups is 1. The molecule has 0 unspecified atom stereocenters. The Bertz CT molecular complexity index is 560. The molecule has 0 radical (unpaired) electrons. The van der Waals surface area contributed by atoms with Crippen LogP contribution in [0.2, 0.25) is 0 Å². The van der Waals surface area contributed by atoms with E-state index in [1.165, 1.54) is 27.2 Å². The molecule has 2 rings (SSSR count). The van der Waals surface area contributed by atoms with Gasteiger partial charge < -0.3 is 19.1 Å². The molecule has 1 amide bonds. The summed E-state index contributed by atoms with van der Waals surface area (Å²) in [6.45, 7) is 1.06. The molecule has 0 bridgehead atoms. The van der Waals surface area contributed by atoms with Gasteiger partial charge in [-0.05, 0) is 6.92 Å². The molecule has 1 saturated heterocycles. The van der Waals surface area contributed by atoms with Crippen molar-refractivity contribution < 1.29 is 32.2 Å². The highest BCUT2D eigenvalue weighted by Crippen LogP contribution is 2.31. The van der Waals surface area contributed by atoms with Crippen LogP contribution >= 0.6 is 0 Å². The first-order valence-corrected chi connectivity index (χ1v) is 6.74. The highest BCUT2D eigenvalue weighted by molar-refractivity contribution is 5.91. The predicted molar refractivity (Wildman–Crippen MR) is 71.4 cm³/mol. The van der Waals surface area contributed by atoms with Crippen molar-refractivity contribution >= 4 is 5.91 Å². The lowest BCUT2D eigenvalue weighted by Gasteiger charge is -2.40. The molecule has 0 saturated carbocycles. The van der Waals surface area contributed by atoms with E-state index in [0.29, 0.717) is 4.90 Å². The number of halogens is 3. The van der Waals surface area contributed by atoms with Gasteiger partial charge in [0.25, 0.3) is 5.91 Å². The van der Waals surface area contributed by atoms with Gasteiger partial charge in [0.2, 0.25) is 17.6 Å². The SMILES string of the molecule is COc1cc(OC)nc(C(=O)N2CCO[C@@H](C)[C@H]2C(F)(F)F)n1. The molecule has 0 spiro atoms. The summed E-state index contributed by atoms with van der Waals surface area (Å²) in [5, 5.41) is 0. The lowest BCUT2D eigenvalue weighted by atomic mass is 10.1. The maximum Gasteiger partial charge on any atom is 0.411 e. The molecule has 10 heteroatoms. The number of ether oxygens (including phenoxy) is 3. The Morgan fingerprint density at radius 2 is 1.87 bits per heavy atom. The minimum Gasteiger partial charge on any atom is -0.481 e. The van der Waals surface area contributed by atoms with Crippen LogP contribution in [0.3, 0.4) is 0 Å². The number of aromatic nitrogens is 2. The molecule has 1 aromatic heterocycles.